The highest BCUT2D eigenvalue weighted by atomic mass is 16.5. The molecule has 5 nitrogen and oxygen atoms in total. The maximum absolute atomic E-state index is 12.7. The lowest BCUT2D eigenvalue weighted by Crippen LogP contribution is -2.23. The predicted molar refractivity (Wildman–Crippen MR) is 99.3 cm³/mol. The molecule has 0 atom stereocenters. The van der Waals surface area contributed by atoms with Crippen LogP contribution < -0.4 is 10.1 Å². The highest BCUT2D eigenvalue weighted by Crippen LogP contribution is 2.25. The van der Waals surface area contributed by atoms with Crippen molar-refractivity contribution in [1.29, 1.82) is 0 Å². The summed E-state index contributed by atoms with van der Waals surface area (Å²) in [6.07, 6.45) is 3.64. The summed E-state index contributed by atoms with van der Waals surface area (Å²) in [4.78, 5) is 12.7. The number of nitrogens with zero attached hydrogens (tertiary/aromatic N) is 2. The normalized spacial score (nSPS) is 10.6. The lowest BCUT2D eigenvalue weighted by Gasteiger charge is -2.11. The van der Waals surface area contributed by atoms with Gasteiger partial charge in [0, 0.05) is 18.3 Å². The van der Waals surface area contributed by atoms with Crippen molar-refractivity contribution in [1.82, 2.24) is 14.9 Å². The van der Waals surface area contributed by atoms with E-state index in [-0.39, 0.29) is 5.91 Å². The SMILES string of the molecule is O=C(NCc1cnn2ccccc12)c1ccccc1Oc1ccccc1. The number of amides is 1. The van der Waals surface area contributed by atoms with Crippen molar-refractivity contribution in [2.45, 2.75) is 6.54 Å². The van der Waals surface area contributed by atoms with Crippen LogP contribution in [0.3, 0.4) is 0 Å². The molecule has 0 fully saturated rings. The maximum Gasteiger partial charge on any atom is 0.255 e. The molecule has 2 aromatic heterocycles. The maximum atomic E-state index is 12.7. The minimum atomic E-state index is -0.188. The number of aromatic nitrogens is 2. The van der Waals surface area contributed by atoms with Gasteiger partial charge >= 0.3 is 0 Å². The van der Waals surface area contributed by atoms with E-state index in [1.54, 1.807) is 22.8 Å². The van der Waals surface area contributed by atoms with Crippen LogP contribution in [0.5, 0.6) is 11.5 Å². The quantitative estimate of drug-likeness (QED) is 0.595. The van der Waals surface area contributed by atoms with Gasteiger partial charge in [-0.25, -0.2) is 4.52 Å². The Morgan fingerprint density at radius 2 is 1.73 bits per heavy atom. The minimum Gasteiger partial charge on any atom is -0.457 e. The molecule has 0 aliphatic heterocycles. The minimum absolute atomic E-state index is 0.188. The monoisotopic (exact) mass is 343 g/mol. The zero-order chi connectivity index (χ0) is 17.8. The Balaban J connectivity index is 1.51. The Morgan fingerprint density at radius 1 is 0.962 bits per heavy atom. The van der Waals surface area contributed by atoms with Crippen LogP contribution in [0.4, 0.5) is 0 Å². The fraction of sp³-hybridized carbons (Fsp3) is 0.0476. The van der Waals surface area contributed by atoms with Gasteiger partial charge in [-0.1, -0.05) is 36.4 Å². The van der Waals surface area contributed by atoms with Crippen LogP contribution in [-0.4, -0.2) is 15.5 Å². The van der Waals surface area contributed by atoms with Gasteiger partial charge in [0.05, 0.1) is 17.3 Å². The lowest BCUT2D eigenvalue weighted by atomic mass is 10.1. The van der Waals surface area contributed by atoms with Gasteiger partial charge in [0.25, 0.3) is 5.91 Å². The van der Waals surface area contributed by atoms with Gasteiger partial charge in [-0.3, -0.25) is 4.79 Å². The molecular formula is C21H17N3O2. The molecule has 128 valence electrons. The standard InChI is InChI=1S/C21H17N3O2/c25-21(22-14-16-15-23-24-13-7-6-11-19(16)24)18-10-4-5-12-20(18)26-17-8-2-1-3-9-17/h1-13,15H,14H2,(H,22,25). The van der Waals surface area contributed by atoms with Crippen molar-refractivity contribution in [2.24, 2.45) is 0 Å². The third kappa shape index (κ3) is 3.28. The van der Waals surface area contributed by atoms with Crippen molar-refractivity contribution in [3.8, 4) is 11.5 Å². The van der Waals surface area contributed by atoms with Gasteiger partial charge in [0.15, 0.2) is 0 Å². The van der Waals surface area contributed by atoms with Crippen LogP contribution >= 0.6 is 0 Å². The molecule has 0 aliphatic rings. The Kier molecular flexibility index (Phi) is 4.35. The fourth-order valence-electron chi connectivity index (χ4n) is 2.75. The first-order chi connectivity index (χ1) is 12.8. The summed E-state index contributed by atoms with van der Waals surface area (Å²) in [6, 6.07) is 22.5. The number of rotatable bonds is 5. The number of hydrogen-bond acceptors (Lipinski definition) is 3. The van der Waals surface area contributed by atoms with E-state index in [1.807, 2.05) is 66.9 Å². The van der Waals surface area contributed by atoms with Gasteiger partial charge in [0.2, 0.25) is 0 Å². The number of carbonyl (C=O) groups excluding carboxylic acids is 1. The first-order valence-corrected chi connectivity index (χ1v) is 8.32. The summed E-state index contributed by atoms with van der Waals surface area (Å²) >= 11 is 0. The van der Waals surface area contributed by atoms with E-state index in [9.17, 15) is 4.79 Å². The Labute approximate surface area is 150 Å². The number of para-hydroxylation sites is 2. The number of ether oxygens (including phenoxy) is 1. The summed E-state index contributed by atoms with van der Waals surface area (Å²) in [5.41, 5.74) is 2.43. The summed E-state index contributed by atoms with van der Waals surface area (Å²) in [7, 11) is 0. The second kappa shape index (κ2) is 7.11. The average Bonchev–Trinajstić information content (AvgIpc) is 3.10. The van der Waals surface area contributed by atoms with Gasteiger partial charge in [0.1, 0.15) is 11.5 Å². The smallest absolute Gasteiger partial charge is 0.255 e. The van der Waals surface area contributed by atoms with E-state index in [1.165, 1.54) is 0 Å². The number of benzene rings is 2. The largest absolute Gasteiger partial charge is 0.457 e. The second-order valence-corrected chi connectivity index (χ2v) is 5.79. The number of carbonyl (C=O) groups is 1. The van der Waals surface area contributed by atoms with Gasteiger partial charge in [-0.15, -0.1) is 0 Å². The second-order valence-electron chi connectivity index (χ2n) is 5.79. The van der Waals surface area contributed by atoms with Crippen molar-refractivity contribution in [2.75, 3.05) is 0 Å². The fourth-order valence-corrected chi connectivity index (χ4v) is 2.75. The van der Waals surface area contributed by atoms with Crippen molar-refractivity contribution in [3.05, 3.63) is 96.3 Å². The molecule has 0 radical (unpaired) electrons. The number of nitrogens with one attached hydrogen (secondary N) is 1. The first-order valence-electron chi connectivity index (χ1n) is 8.32. The van der Waals surface area contributed by atoms with Crippen LogP contribution in [0.15, 0.2) is 85.2 Å². The van der Waals surface area contributed by atoms with E-state index < -0.39 is 0 Å². The van der Waals surface area contributed by atoms with Gasteiger partial charge in [-0.2, -0.15) is 5.10 Å². The zero-order valence-electron chi connectivity index (χ0n) is 14.0. The third-order valence-electron chi connectivity index (χ3n) is 4.05. The van der Waals surface area contributed by atoms with Crippen molar-refractivity contribution in [3.63, 3.8) is 0 Å². The summed E-state index contributed by atoms with van der Waals surface area (Å²) in [5.74, 6) is 1.03. The topological polar surface area (TPSA) is 55.6 Å². The summed E-state index contributed by atoms with van der Waals surface area (Å²) in [5, 5.41) is 7.23. The molecule has 0 saturated carbocycles. The molecule has 0 unspecified atom stereocenters. The summed E-state index contributed by atoms with van der Waals surface area (Å²) in [6.45, 7) is 0.395. The van der Waals surface area contributed by atoms with E-state index in [4.69, 9.17) is 4.74 Å². The molecule has 0 saturated heterocycles. The Bertz CT molecular complexity index is 1040. The molecule has 4 rings (SSSR count). The lowest BCUT2D eigenvalue weighted by molar-refractivity contribution is 0.0949. The van der Waals surface area contributed by atoms with Gasteiger partial charge < -0.3 is 10.1 Å². The molecule has 0 bridgehead atoms. The summed E-state index contributed by atoms with van der Waals surface area (Å²) < 4.78 is 7.65. The first kappa shape index (κ1) is 15.9. The molecule has 26 heavy (non-hydrogen) atoms. The van der Waals surface area contributed by atoms with E-state index >= 15 is 0 Å². The van der Waals surface area contributed by atoms with E-state index in [0.29, 0.717) is 23.6 Å². The molecule has 0 aliphatic carbocycles. The number of pyridine rings is 1. The number of hydrogen-bond donors (Lipinski definition) is 1. The van der Waals surface area contributed by atoms with Crippen LogP contribution in [0.25, 0.3) is 5.52 Å². The highest BCUT2D eigenvalue weighted by Gasteiger charge is 2.13. The molecule has 0 spiro atoms. The Morgan fingerprint density at radius 3 is 2.62 bits per heavy atom. The molecular weight excluding hydrogens is 326 g/mol. The molecule has 5 heteroatoms. The van der Waals surface area contributed by atoms with E-state index in [0.717, 1.165) is 11.1 Å². The molecule has 1 N–H and O–H groups in total. The molecule has 1 amide bonds. The molecule has 2 heterocycles. The van der Waals surface area contributed by atoms with Crippen LogP contribution in [0.2, 0.25) is 0 Å². The van der Waals surface area contributed by atoms with Crippen LogP contribution in [-0.2, 0) is 6.54 Å². The molecule has 2 aromatic carbocycles. The Hall–Kier alpha value is -3.60. The highest BCUT2D eigenvalue weighted by molar-refractivity contribution is 5.97. The average molecular weight is 343 g/mol. The van der Waals surface area contributed by atoms with Gasteiger partial charge in [-0.05, 0) is 36.4 Å². The third-order valence-corrected chi connectivity index (χ3v) is 4.05. The predicted octanol–water partition coefficient (Wildman–Crippen LogP) is 4.06. The number of fused-ring (bicyclic) bond motifs is 1. The van der Waals surface area contributed by atoms with Crippen molar-refractivity contribution >= 4 is 11.4 Å². The van der Waals surface area contributed by atoms with Crippen LogP contribution in [0.1, 0.15) is 15.9 Å². The zero-order valence-corrected chi connectivity index (χ0v) is 14.0. The van der Waals surface area contributed by atoms with E-state index in [2.05, 4.69) is 10.4 Å². The van der Waals surface area contributed by atoms with Crippen molar-refractivity contribution < 1.29 is 9.53 Å². The molecule has 4 aromatic rings. The van der Waals surface area contributed by atoms with Crippen LogP contribution in [0, 0.1) is 0 Å².